The minimum atomic E-state index is -0.665. The molecule has 0 heterocycles. The molecule has 4 bridgehead atoms. The number of carbonyl (C=O) groups is 2. The van der Waals surface area contributed by atoms with Crippen molar-refractivity contribution in [1.29, 1.82) is 0 Å². The third kappa shape index (κ3) is 2.72. The van der Waals surface area contributed by atoms with Crippen LogP contribution in [-0.4, -0.2) is 36.4 Å². The molecule has 4 fully saturated rings. The number of alkyl carbamates (subject to hydrolysis) is 1. The van der Waals surface area contributed by atoms with E-state index in [1.54, 1.807) is 12.2 Å². The number of carboxylic acid groups (broad SMARTS) is 1. The topological polar surface area (TPSA) is 102 Å². The number of carbonyl (C=O) groups excluding carboxylic acids is 1. The molecule has 6 nitrogen and oxygen atoms in total. The van der Waals surface area contributed by atoms with Gasteiger partial charge in [-0.2, -0.15) is 0 Å². The number of hydrogen-bond acceptors (Lipinski definition) is 4. The van der Waals surface area contributed by atoms with Crippen molar-refractivity contribution in [3.8, 4) is 0 Å². The Morgan fingerprint density at radius 1 is 1.23 bits per heavy atom. The molecule has 0 radical (unpaired) electrons. The molecule has 4 aliphatic carbocycles. The van der Waals surface area contributed by atoms with Crippen molar-refractivity contribution in [3.63, 3.8) is 0 Å². The van der Waals surface area contributed by atoms with Crippen LogP contribution < -0.4 is 11.1 Å². The van der Waals surface area contributed by atoms with Gasteiger partial charge in [0.2, 0.25) is 0 Å². The van der Waals surface area contributed by atoms with Crippen LogP contribution in [0.1, 0.15) is 32.1 Å². The van der Waals surface area contributed by atoms with E-state index in [0.29, 0.717) is 31.8 Å². The fourth-order valence-electron chi connectivity index (χ4n) is 4.92. The molecule has 5 atom stereocenters. The summed E-state index contributed by atoms with van der Waals surface area (Å²) in [4.78, 5) is 23.5. The Hall–Kier alpha value is -1.56. The summed E-state index contributed by atoms with van der Waals surface area (Å²) in [5, 5.41) is 12.3. The third-order valence-corrected chi connectivity index (χ3v) is 5.55. The summed E-state index contributed by atoms with van der Waals surface area (Å²) in [6, 6.07) is 0. The maximum Gasteiger partial charge on any atom is 0.407 e. The Labute approximate surface area is 130 Å². The lowest BCUT2D eigenvalue weighted by atomic mass is 9.48. The molecule has 122 valence electrons. The zero-order valence-corrected chi connectivity index (χ0v) is 12.7. The number of nitrogens with one attached hydrogen (secondary N) is 1. The molecule has 1 amide bonds. The van der Waals surface area contributed by atoms with Crippen molar-refractivity contribution < 1.29 is 19.4 Å². The highest BCUT2D eigenvalue weighted by Gasteiger charge is 2.59. The van der Waals surface area contributed by atoms with E-state index in [9.17, 15) is 14.7 Å². The summed E-state index contributed by atoms with van der Waals surface area (Å²) < 4.78 is 5.62. The van der Waals surface area contributed by atoms with Crippen molar-refractivity contribution in [1.82, 2.24) is 5.32 Å². The van der Waals surface area contributed by atoms with E-state index in [2.05, 4.69) is 5.32 Å². The average Bonchev–Trinajstić information content (AvgIpc) is 2.46. The van der Waals surface area contributed by atoms with Gasteiger partial charge in [0.25, 0.3) is 0 Å². The summed E-state index contributed by atoms with van der Waals surface area (Å²) >= 11 is 0. The van der Waals surface area contributed by atoms with Crippen molar-refractivity contribution in [3.05, 3.63) is 12.2 Å². The van der Waals surface area contributed by atoms with Crippen LogP contribution >= 0.6 is 0 Å². The fourth-order valence-corrected chi connectivity index (χ4v) is 4.92. The quantitative estimate of drug-likeness (QED) is 0.668. The first-order valence-corrected chi connectivity index (χ1v) is 8.07. The molecule has 22 heavy (non-hydrogen) atoms. The number of aliphatic carboxylic acids is 1. The van der Waals surface area contributed by atoms with Crippen LogP contribution in [0.25, 0.3) is 0 Å². The van der Waals surface area contributed by atoms with Crippen molar-refractivity contribution in [2.24, 2.45) is 28.9 Å². The van der Waals surface area contributed by atoms with Crippen LogP contribution in [0, 0.1) is 23.2 Å². The van der Waals surface area contributed by atoms with Gasteiger partial charge in [0.05, 0.1) is 5.41 Å². The van der Waals surface area contributed by atoms with Gasteiger partial charge in [-0.15, -0.1) is 0 Å². The second-order valence-corrected chi connectivity index (χ2v) is 7.01. The molecular formula is C16H24N2O4. The number of carboxylic acids is 1. The smallest absolute Gasteiger partial charge is 0.407 e. The first-order chi connectivity index (χ1) is 10.5. The first kappa shape index (κ1) is 15.3. The van der Waals surface area contributed by atoms with E-state index in [1.807, 2.05) is 0 Å². The molecule has 4 rings (SSSR count). The molecule has 0 unspecified atom stereocenters. The number of ether oxygens (including phenoxy) is 1. The highest BCUT2D eigenvalue weighted by Crippen LogP contribution is 2.60. The number of hydrogen-bond donors (Lipinski definition) is 3. The Morgan fingerprint density at radius 2 is 1.91 bits per heavy atom. The molecule has 0 aromatic carbocycles. The van der Waals surface area contributed by atoms with Gasteiger partial charge in [-0.1, -0.05) is 12.2 Å². The SMILES string of the molecule is NC/C=C/CNC(=O)O[C@H]1[C@@H]2C[C@@H]3C[C@H]1C[C@@](C(=O)O)(C3)C2. The largest absolute Gasteiger partial charge is 0.481 e. The summed E-state index contributed by atoms with van der Waals surface area (Å²) in [5.41, 5.74) is 4.77. The van der Waals surface area contributed by atoms with Gasteiger partial charge in [0.15, 0.2) is 0 Å². The molecule has 0 aromatic heterocycles. The van der Waals surface area contributed by atoms with Gasteiger partial charge in [0, 0.05) is 13.1 Å². The highest BCUT2D eigenvalue weighted by molar-refractivity contribution is 5.75. The summed E-state index contributed by atoms with van der Waals surface area (Å²) in [5.74, 6) is 0.228. The standard InChI is InChI=1S/C16H24N2O4/c17-3-1-2-4-18-15(21)22-13-11-5-10-6-12(13)9-16(7-10,8-11)14(19)20/h1-2,10-13H,3-9,17H2,(H,18,21)(H,19,20)/b2-1+/t10-,11-,12+,13+,16-. The second kappa shape index (κ2) is 5.91. The zero-order chi connectivity index (χ0) is 15.7. The summed E-state index contributed by atoms with van der Waals surface area (Å²) in [6.07, 6.45) is 7.13. The van der Waals surface area contributed by atoms with Gasteiger partial charge >= 0.3 is 12.1 Å². The molecule has 4 aliphatic rings. The maximum atomic E-state index is 11.9. The normalized spacial score (nSPS) is 39.1. The minimum absolute atomic E-state index is 0.123. The van der Waals surface area contributed by atoms with E-state index < -0.39 is 17.5 Å². The Morgan fingerprint density at radius 3 is 2.50 bits per heavy atom. The predicted molar refractivity (Wildman–Crippen MR) is 80.1 cm³/mol. The number of amides is 1. The molecule has 0 spiro atoms. The molecule has 0 saturated heterocycles. The van der Waals surface area contributed by atoms with Gasteiger partial charge < -0.3 is 20.9 Å². The average molecular weight is 308 g/mol. The molecule has 0 aromatic rings. The van der Waals surface area contributed by atoms with E-state index in [0.717, 1.165) is 19.3 Å². The van der Waals surface area contributed by atoms with Crippen LogP contribution in [0.2, 0.25) is 0 Å². The van der Waals surface area contributed by atoms with E-state index in [1.165, 1.54) is 0 Å². The lowest BCUT2D eigenvalue weighted by molar-refractivity contribution is -0.178. The van der Waals surface area contributed by atoms with E-state index >= 15 is 0 Å². The van der Waals surface area contributed by atoms with Crippen LogP contribution in [0.15, 0.2) is 12.2 Å². The van der Waals surface area contributed by atoms with Crippen molar-refractivity contribution in [2.45, 2.75) is 38.2 Å². The molecule has 6 heteroatoms. The van der Waals surface area contributed by atoms with E-state index in [4.69, 9.17) is 10.5 Å². The Bertz CT molecular complexity index is 475. The molecule has 0 aliphatic heterocycles. The van der Waals surface area contributed by atoms with Crippen LogP contribution in [0.4, 0.5) is 4.79 Å². The monoisotopic (exact) mass is 308 g/mol. The van der Waals surface area contributed by atoms with Crippen LogP contribution in [-0.2, 0) is 9.53 Å². The maximum absolute atomic E-state index is 11.9. The highest BCUT2D eigenvalue weighted by atomic mass is 16.6. The van der Waals surface area contributed by atoms with Crippen molar-refractivity contribution >= 4 is 12.1 Å². The van der Waals surface area contributed by atoms with Crippen LogP contribution in [0.5, 0.6) is 0 Å². The fraction of sp³-hybridized carbons (Fsp3) is 0.750. The molecule has 4 N–H and O–H groups in total. The second-order valence-electron chi connectivity index (χ2n) is 7.01. The van der Waals surface area contributed by atoms with Gasteiger partial charge in [-0.05, 0) is 49.9 Å². The zero-order valence-electron chi connectivity index (χ0n) is 12.7. The number of nitrogens with two attached hydrogens (primary N) is 1. The van der Waals surface area contributed by atoms with Crippen LogP contribution in [0.3, 0.4) is 0 Å². The Kier molecular flexibility index (Phi) is 4.12. The summed E-state index contributed by atoms with van der Waals surface area (Å²) in [7, 11) is 0. The van der Waals surface area contributed by atoms with Gasteiger partial charge in [-0.25, -0.2) is 4.79 Å². The summed E-state index contributed by atoms with van der Waals surface area (Å²) in [6.45, 7) is 0.849. The lowest BCUT2D eigenvalue weighted by Crippen LogP contribution is -2.57. The van der Waals surface area contributed by atoms with Crippen molar-refractivity contribution in [2.75, 3.05) is 13.1 Å². The Balaban J connectivity index is 1.59. The molecule has 4 saturated carbocycles. The first-order valence-electron chi connectivity index (χ1n) is 8.07. The van der Waals surface area contributed by atoms with E-state index in [-0.39, 0.29) is 17.9 Å². The lowest BCUT2D eigenvalue weighted by Gasteiger charge is -2.57. The predicted octanol–water partition coefficient (Wildman–Crippen LogP) is 1.51. The molecular weight excluding hydrogens is 284 g/mol. The van der Waals surface area contributed by atoms with Gasteiger partial charge in [-0.3, -0.25) is 4.79 Å². The number of rotatable bonds is 5. The van der Waals surface area contributed by atoms with Gasteiger partial charge in [0.1, 0.15) is 6.10 Å². The third-order valence-electron chi connectivity index (χ3n) is 5.55. The minimum Gasteiger partial charge on any atom is -0.481 e.